The third-order valence-electron chi connectivity index (χ3n) is 6.54. The maximum absolute atomic E-state index is 14.0. The third-order valence-corrected chi connectivity index (χ3v) is 6.54. The second-order valence-electron chi connectivity index (χ2n) is 8.06. The second kappa shape index (κ2) is 7.51. The van der Waals surface area contributed by atoms with Gasteiger partial charge in [0, 0.05) is 5.56 Å². The summed E-state index contributed by atoms with van der Waals surface area (Å²) in [6, 6.07) is 3.41. The first-order chi connectivity index (χ1) is 11.5. The smallest absolute Gasteiger partial charge is 0.129 e. The summed E-state index contributed by atoms with van der Waals surface area (Å²) in [5.41, 5.74) is -1.05. The van der Waals surface area contributed by atoms with Crippen LogP contribution in [0.2, 0.25) is 0 Å². The van der Waals surface area contributed by atoms with Crippen molar-refractivity contribution in [3.05, 3.63) is 35.4 Å². The van der Waals surface area contributed by atoms with Crippen LogP contribution in [0.4, 0.5) is 8.78 Å². The maximum atomic E-state index is 14.0. The Labute approximate surface area is 144 Å². The van der Waals surface area contributed by atoms with Crippen LogP contribution < -0.4 is 0 Å². The van der Waals surface area contributed by atoms with Gasteiger partial charge in [-0.1, -0.05) is 32.6 Å². The molecule has 0 heterocycles. The molecule has 134 valence electrons. The molecule has 0 aromatic heterocycles. The Kier molecular flexibility index (Phi) is 5.59. The van der Waals surface area contributed by atoms with Crippen molar-refractivity contribution in [2.24, 2.45) is 17.8 Å². The molecule has 2 saturated carbocycles. The summed E-state index contributed by atoms with van der Waals surface area (Å²) >= 11 is 0. The lowest BCUT2D eigenvalue weighted by Crippen LogP contribution is -2.35. The summed E-state index contributed by atoms with van der Waals surface area (Å²) < 4.78 is 27.5. The Morgan fingerprint density at radius 2 is 1.62 bits per heavy atom. The highest BCUT2D eigenvalue weighted by atomic mass is 19.1. The van der Waals surface area contributed by atoms with Crippen LogP contribution in [0, 0.1) is 29.4 Å². The van der Waals surface area contributed by atoms with E-state index in [0.717, 1.165) is 36.8 Å². The molecular formula is C21H30F2O. The molecule has 2 aliphatic rings. The van der Waals surface area contributed by atoms with Gasteiger partial charge in [0.05, 0.1) is 5.60 Å². The van der Waals surface area contributed by atoms with Crippen LogP contribution in [0.5, 0.6) is 0 Å². The van der Waals surface area contributed by atoms with Gasteiger partial charge in [0.2, 0.25) is 0 Å². The van der Waals surface area contributed by atoms with Crippen LogP contribution in [0.15, 0.2) is 18.2 Å². The molecule has 0 atom stereocenters. The summed E-state index contributed by atoms with van der Waals surface area (Å²) in [4.78, 5) is 0. The maximum Gasteiger partial charge on any atom is 0.129 e. The van der Waals surface area contributed by atoms with Gasteiger partial charge in [0.25, 0.3) is 0 Å². The van der Waals surface area contributed by atoms with Gasteiger partial charge >= 0.3 is 0 Å². The number of hydrogen-bond acceptors (Lipinski definition) is 1. The Bertz CT molecular complexity index is 541. The molecule has 0 bridgehead atoms. The molecule has 0 unspecified atom stereocenters. The number of rotatable bonds is 4. The molecule has 24 heavy (non-hydrogen) atoms. The fraction of sp³-hybridized carbons (Fsp3) is 0.714. The van der Waals surface area contributed by atoms with Crippen molar-refractivity contribution in [3.63, 3.8) is 0 Å². The normalized spacial score (nSPS) is 34.2. The Morgan fingerprint density at radius 3 is 2.25 bits per heavy atom. The average molecular weight is 336 g/mol. The van der Waals surface area contributed by atoms with Gasteiger partial charge < -0.3 is 5.11 Å². The first kappa shape index (κ1) is 17.8. The molecule has 1 nitrogen and oxygen atoms in total. The quantitative estimate of drug-likeness (QED) is 0.720. The minimum atomic E-state index is -1.19. The van der Waals surface area contributed by atoms with Gasteiger partial charge in [-0.2, -0.15) is 0 Å². The highest BCUT2D eigenvalue weighted by molar-refractivity contribution is 5.26. The Balaban J connectivity index is 1.58. The molecule has 0 amide bonds. The molecular weight excluding hydrogens is 306 g/mol. The van der Waals surface area contributed by atoms with Crippen LogP contribution in [0.1, 0.15) is 76.7 Å². The summed E-state index contributed by atoms with van der Waals surface area (Å²) in [7, 11) is 0. The predicted octanol–water partition coefficient (Wildman–Crippen LogP) is 5.95. The SMILES string of the molecule is CCC[C@H]1CC[C@H](C2CCC(O)(c3cc(F)ccc3F)CC2)CC1. The number of aliphatic hydroxyl groups is 1. The fourth-order valence-corrected chi connectivity index (χ4v) is 5.07. The van der Waals surface area contributed by atoms with Crippen LogP contribution in [-0.2, 0) is 5.60 Å². The Hall–Kier alpha value is -0.960. The molecule has 0 spiro atoms. The lowest BCUT2D eigenvalue weighted by molar-refractivity contribution is -0.0288. The van der Waals surface area contributed by atoms with Crippen molar-refractivity contribution in [1.82, 2.24) is 0 Å². The summed E-state index contributed by atoms with van der Waals surface area (Å²) in [5.74, 6) is 1.35. The van der Waals surface area contributed by atoms with E-state index in [0.29, 0.717) is 18.8 Å². The van der Waals surface area contributed by atoms with E-state index in [4.69, 9.17) is 0 Å². The second-order valence-corrected chi connectivity index (χ2v) is 8.06. The van der Waals surface area contributed by atoms with E-state index in [-0.39, 0.29) is 5.56 Å². The van der Waals surface area contributed by atoms with Crippen LogP contribution in [-0.4, -0.2) is 5.11 Å². The highest BCUT2D eigenvalue weighted by Crippen LogP contribution is 2.46. The van der Waals surface area contributed by atoms with E-state index < -0.39 is 17.2 Å². The lowest BCUT2D eigenvalue weighted by atomic mass is 9.66. The molecule has 2 fully saturated rings. The van der Waals surface area contributed by atoms with Gasteiger partial charge in [0.15, 0.2) is 0 Å². The molecule has 1 aromatic rings. The van der Waals surface area contributed by atoms with Crippen LogP contribution in [0.3, 0.4) is 0 Å². The molecule has 3 heteroatoms. The molecule has 3 rings (SSSR count). The van der Waals surface area contributed by atoms with E-state index in [2.05, 4.69) is 6.92 Å². The van der Waals surface area contributed by atoms with Gasteiger partial charge in [-0.05, 0) is 74.5 Å². The molecule has 1 N–H and O–H groups in total. The summed E-state index contributed by atoms with van der Waals surface area (Å²) in [6.07, 6.45) is 10.9. The highest BCUT2D eigenvalue weighted by Gasteiger charge is 2.39. The largest absolute Gasteiger partial charge is 0.385 e. The predicted molar refractivity (Wildman–Crippen MR) is 92.6 cm³/mol. The molecule has 0 radical (unpaired) electrons. The van der Waals surface area contributed by atoms with Crippen LogP contribution in [0.25, 0.3) is 0 Å². The number of hydrogen-bond donors (Lipinski definition) is 1. The van der Waals surface area contributed by atoms with Crippen molar-refractivity contribution in [3.8, 4) is 0 Å². The standard InChI is InChI=1S/C21H30F2O/c1-2-3-15-4-6-16(7-5-15)17-10-12-21(24,13-11-17)19-14-18(22)8-9-20(19)23/h8-9,14-17,24H,2-7,10-13H2,1H3/t15-,16-,17?,21?. The minimum Gasteiger partial charge on any atom is -0.385 e. The van der Waals surface area contributed by atoms with Gasteiger partial charge in [-0.15, -0.1) is 0 Å². The van der Waals surface area contributed by atoms with Crippen molar-refractivity contribution < 1.29 is 13.9 Å². The number of halogens is 2. The first-order valence-electron chi connectivity index (χ1n) is 9.69. The lowest BCUT2D eigenvalue weighted by Gasteiger charge is -2.41. The number of benzene rings is 1. The Morgan fingerprint density at radius 1 is 1.00 bits per heavy atom. The third kappa shape index (κ3) is 3.82. The summed E-state index contributed by atoms with van der Waals surface area (Å²) in [5, 5.41) is 10.9. The van der Waals surface area contributed by atoms with Crippen LogP contribution >= 0.6 is 0 Å². The van der Waals surface area contributed by atoms with Crippen molar-refractivity contribution in [2.75, 3.05) is 0 Å². The molecule has 0 saturated heterocycles. The topological polar surface area (TPSA) is 20.2 Å². The van der Waals surface area contributed by atoms with E-state index in [1.165, 1.54) is 44.6 Å². The first-order valence-corrected chi connectivity index (χ1v) is 9.69. The minimum absolute atomic E-state index is 0.146. The van der Waals surface area contributed by atoms with Crippen molar-refractivity contribution in [2.45, 2.75) is 76.7 Å². The molecule has 0 aliphatic heterocycles. The van der Waals surface area contributed by atoms with Crippen molar-refractivity contribution >= 4 is 0 Å². The van der Waals surface area contributed by atoms with Gasteiger partial charge in [0.1, 0.15) is 11.6 Å². The van der Waals surface area contributed by atoms with Gasteiger partial charge in [-0.25, -0.2) is 8.78 Å². The van der Waals surface area contributed by atoms with E-state index in [1.807, 2.05) is 0 Å². The average Bonchev–Trinajstić information content (AvgIpc) is 2.59. The zero-order valence-electron chi connectivity index (χ0n) is 14.7. The zero-order valence-corrected chi connectivity index (χ0v) is 14.7. The van der Waals surface area contributed by atoms with Gasteiger partial charge in [-0.3, -0.25) is 0 Å². The van der Waals surface area contributed by atoms with E-state index >= 15 is 0 Å². The molecule has 2 aliphatic carbocycles. The van der Waals surface area contributed by atoms with Crippen molar-refractivity contribution in [1.29, 1.82) is 0 Å². The van der Waals surface area contributed by atoms with E-state index in [9.17, 15) is 13.9 Å². The van der Waals surface area contributed by atoms with E-state index in [1.54, 1.807) is 0 Å². The zero-order chi connectivity index (χ0) is 17.2. The fourth-order valence-electron chi connectivity index (χ4n) is 5.07. The monoisotopic (exact) mass is 336 g/mol. The summed E-state index contributed by atoms with van der Waals surface area (Å²) in [6.45, 7) is 2.26. The molecule has 1 aromatic carbocycles.